The molecule has 4 heterocycles. The maximum absolute atomic E-state index is 13.3. The molecule has 2 aliphatic carbocycles. The highest BCUT2D eigenvalue weighted by Gasteiger charge is 2.40. The van der Waals surface area contributed by atoms with Crippen LogP contribution in [0.1, 0.15) is 82.7 Å². The number of rotatable bonds is 6. The van der Waals surface area contributed by atoms with Crippen molar-refractivity contribution in [3.05, 3.63) is 30.1 Å². The molecule has 41 heavy (non-hydrogen) atoms. The molecule has 4 fully saturated rings. The van der Waals surface area contributed by atoms with Gasteiger partial charge in [-0.1, -0.05) is 0 Å². The van der Waals surface area contributed by atoms with E-state index in [1.807, 2.05) is 6.20 Å². The zero-order chi connectivity index (χ0) is 28.1. The second-order valence-electron chi connectivity index (χ2n) is 13.0. The van der Waals surface area contributed by atoms with Gasteiger partial charge in [-0.3, -0.25) is 9.48 Å². The average molecular weight is 562 g/mol. The lowest BCUT2D eigenvalue weighted by Gasteiger charge is -2.41. The Morgan fingerprint density at radius 2 is 1.66 bits per heavy atom. The second kappa shape index (κ2) is 11.0. The summed E-state index contributed by atoms with van der Waals surface area (Å²) in [6.45, 7) is 5.50. The van der Waals surface area contributed by atoms with Crippen LogP contribution < -0.4 is 9.64 Å². The highest BCUT2D eigenvalue weighted by Crippen LogP contribution is 2.46. The van der Waals surface area contributed by atoms with Crippen molar-refractivity contribution in [2.75, 3.05) is 31.1 Å². The van der Waals surface area contributed by atoms with E-state index >= 15 is 0 Å². The van der Waals surface area contributed by atoms with Gasteiger partial charge in [-0.2, -0.15) is 5.10 Å². The Labute approximate surface area is 242 Å². The van der Waals surface area contributed by atoms with Crippen molar-refractivity contribution in [2.24, 2.45) is 5.92 Å². The Hall–Kier alpha value is -3.07. The molecule has 1 atom stereocenters. The minimum atomic E-state index is -0.796. The van der Waals surface area contributed by atoms with Gasteiger partial charge >= 0.3 is 6.09 Å². The number of ether oxygens (including phenoxy) is 1. The van der Waals surface area contributed by atoms with Gasteiger partial charge in [0.2, 0.25) is 5.91 Å². The van der Waals surface area contributed by atoms with Crippen LogP contribution in [0.25, 0.3) is 11.1 Å². The number of carbonyl (C=O) groups is 2. The van der Waals surface area contributed by atoms with Crippen molar-refractivity contribution in [1.82, 2.24) is 19.6 Å². The molecule has 2 aromatic rings. The molecule has 0 spiro atoms. The minimum absolute atomic E-state index is 0.196. The molecular formula is C32H43N5O4. The van der Waals surface area contributed by atoms with Gasteiger partial charge in [-0.05, 0) is 89.7 Å². The standard InChI is InChI=1S/C32H43N5O4/c1-21-5-8-28-29(37(21)31(38)22-6-7-22)10-9-27(30(28)41-26-3-2-4-26)23-19-33-36(20-23)25-13-15-34(16-14-25)24-11-17-35(18-12-24)32(39)40/h9-10,19-22,24-26H,2-8,11-18H2,1H3,(H,39,40)/t21-/m0/s1. The smallest absolute Gasteiger partial charge is 0.407 e. The Bertz CT molecular complexity index is 1280. The number of hydrogen-bond donors (Lipinski definition) is 1. The Morgan fingerprint density at radius 1 is 0.927 bits per heavy atom. The minimum Gasteiger partial charge on any atom is -0.489 e. The summed E-state index contributed by atoms with van der Waals surface area (Å²) < 4.78 is 8.86. The summed E-state index contributed by atoms with van der Waals surface area (Å²) in [6.07, 6.45) is 14.9. The second-order valence-corrected chi connectivity index (χ2v) is 13.0. The molecule has 1 N–H and O–H groups in total. The molecule has 9 heteroatoms. The summed E-state index contributed by atoms with van der Waals surface area (Å²) in [7, 11) is 0. The number of aromatic nitrogens is 2. The fraction of sp³-hybridized carbons (Fsp3) is 0.656. The first-order valence-corrected chi connectivity index (χ1v) is 15.9. The molecule has 2 amide bonds. The molecule has 2 saturated carbocycles. The first kappa shape index (κ1) is 26.8. The van der Waals surface area contributed by atoms with E-state index in [1.54, 1.807) is 4.90 Å². The van der Waals surface area contributed by atoms with Crippen molar-refractivity contribution < 1.29 is 19.4 Å². The first-order valence-electron chi connectivity index (χ1n) is 15.9. The van der Waals surface area contributed by atoms with Crippen molar-refractivity contribution in [3.8, 4) is 16.9 Å². The van der Waals surface area contributed by atoms with Gasteiger partial charge in [0.25, 0.3) is 0 Å². The van der Waals surface area contributed by atoms with Crippen LogP contribution in [0.15, 0.2) is 24.5 Å². The fourth-order valence-electron chi connectivity index (χ4n) is 7.30. The van der Waals surface area contributed by atoms with Crippen molar-refractivity contribution in [2.45, 2.75) is 102 Å². The Kier molecular flexibility index (Phi) is 7.17. The number of carbonyl (C=O) groups excluding carboxylic acids is 1. The highest BCUT2D eigenvalue weighted by molar-refractivity contribution is 5.99. The number of anilines is 1. The number of carboxylic acid groups (broad SMARTS) is 1. The molecule has 0 radical (unpaired) electrons. The van der Waals surface area contributed by atoms with E-state index in [9.17, 15) is 14.7 Å². The maximum atomic E-state index is 13.3. The van der Waals surface area contributed by atoms with Crippen molar-refractivity contribution >= 4 is 17.7 Å². The molecular weight excluding hydrogens is 518 g/mol. The predicted octanol–water partition coefficient (Wildman–Crippen LogP) is 5.34. The van der Waals surface area contributed by atoms with Gasteiger partial charge in [-0.25, -0.2) is 4.79 Å². The zero-order valence-corrected chi connectivity index (χ0v) is 24.2. The lowest BCUT2D eigenvalue weighted by atomic mass is 9.91. The van der Waals surface area contributed by atoms with Crippen LogP contribution in [0, 0.1) is 5.92 Å². The van der Waals surface area contributed by atoms with Gasteiger partial charge in [0, 0.05) is 67.1 Å². The summed E-state index contributed by atoms with van der Waals surface area (Å²) in [5, 5.41) is 14.1. The molecule has 5 aliphatic rings. The number of fused-ring (bicyclic) bond motifs is 1. The monoisotopic (exact) mass is 561 g/mol. The van der Waals surface area contributed by atoms with E-state index in [0.717, 1.165) is 99.9 Å². The van der Waals surface area contributed by atoms with Crippen LogP contribution in [0.3, 0.4) is 0 Å². The van der Waals surface area contributed by atoms with Gasteiger partial charge in [0.1, 0.15) is 5.75 Å². The molecule has 0 unspecified atom stereocenters. The Morgan fingerprint density at radius 3 is 2.32 bits per heavy atom. The van der Waals surface area contributed by atoms with E-state index < -0.39 is 6.09 Å². The summed E-state index contributed by atoms with van der Waals surface area (Å²) in [4.78, 5) is 30.7. The van der Waals surface area contributed by atoms with Gasteiger partial charge in [0.05, 0.1) is 24.0 Å². The van der Waals surface area contributed by atoms with Gasteiger partial charge < -0.3 is 24.5 Å². The van der Waals surface area contributed by atoms with Crippen LogP contribution in [0.2, 0.25) is 0 Å². The van der Waals surface area contributed by atoms with Crippen molar-refractivity contribution in [3.63, 3.8) is 0 Å². The largest absolute Gasteiger partial charge is 0.489 e. The van der Waals surface area contributed by atoms with E-state index in [0.29, 0.717) is 25.2 Å². The molecule has 220 valence electrons. The number of likely N-dealkylation sites (tertiary alicyclic amines) is 2. The molecule has 0 bridgehead atoms. The van der Waals surface area contributed by atoms with Crippen molar-refractivity contribution in [1.29, 1.82) is 0 Å². The van der Waals surface area contributed by atoms with Crippen LogP contribution in [0.4, 0.5) is 10.5 Å². The zero-order valence-electron chi connectivity index (χ0n) is 24.2. The molecule has 1 aromatic carbocycles. The third kappa shape index (κ3) is 5.22. The maximum Gasteiger partial charge on any atom is 0.407 e. The molecule has 7 rings (SSSR count). The van der Waals surface area contributed by atoms with E-state index in [4.69, 9.17) is 9.84 Å². The first-order chi connectivity index (χ1) is 20.0. The summed E-state index contributed by atoms with van der Waals surface area (Å²) >= 11 is 0. The van der Waals surface area contributed by atoms with Crippen LogP contribution >= 0.6 is 0 Å². The number of amides is 2. The Balaban J connectivity index is 1.09. The number of piperidine rings is 2. The van der Waals surface area contributed by atoms with Crippen LogP contribution in [-0.2, 0) is 11.2 Å². The number of hydrogen-bond acceptors (Lipinski definition) is 5. The molecule has 1 aromatic heterocycles. The normalized spacial score (nSPS) is 24.7. The van der Waals surface area contributed by atoms with Crippen LogP contribution in [-0.4, -0.2) is 81.1 Å². The predicted molar refractivity (Wildman–Crippen MR) is 156 cm³/mol. The van der Waals surface area contributed by atoms with E-state index in [-0.39, 0.29) is 24.0 Å². The molecule has 9 nitrogen and oxygen atoms in total. The highest BCUT2D eigenvalue weighted by atomic mass is 16.5. The lowest BCUT2D eigenvalue weighted by Crippen LogP contribution is -2.48. The summed E-state index contributed by atoms with van der Waals surface area (Å²) in [6, 6.07) is 5.37. The van der Waals surface area contributed by atoms with Gasteiger partial charge in [-0.15, -0.1) is 0 Å². The molecule has 2 saturated heterocycles. The van der Waals surface area contributed by atoms with E-state index in [2.05, 4.69) is 39.7 Å². The topological polar surface area (TPSA) is 91.1 Å². The third-order valence-electron chi connectivity index (χ3n) is 10.3. The SMILES string of the molecule is C[C@H]1CCc2c(ccc(-c3cnn(C4CCN(C5CCN(C(=O)O)CC5)CC4)c3)c2OC2CCC2)N1C(=O)C1CC1. The van der Waals surface area contributed by atoms with Gasteiger partial charge in [0.15, 0.2) is 0 Å². The number of benzene rings is 1. The fourth-order valence-corrected chi connectivity index (χ4v) is 7.30. The molecule has 3 aliphatic heterocycles. The quantitative estimate of drug-likeness (QED) is 0.512. The summed E-state index contributed by atoms with van der Waals surface area (Å²) in [5.41, 5.74) is 4.42. The lowest BCUT2D eigenvalue weighted by molar-refractivity contribution is -0.120. The average Bonchev–Trinajstić information content (AvgIpc) is 3.71. The summed E-state index contributed by atoms with van der Waals surface area (Å²) in [5.74, 6) is 1.45. The van der Waals surface area contributed by atoms with Crippen LogP contribution in [0.5, 0.6) is 5.75 Å². The third-order valence-corrected chi connectivity index (χ3v) is 10.3. The number of nitrogens with zero attached hydrogens (tertiary/aromatic N) is 5. The van der Waals surface area contributed by atoms with E-state index in [1.165, 1.54) is 12.0 Å².